The molecule has 8 nitrogen and oxygen atoms in total. The third kappa shape index (κ3) is 5.34. The number of hydrogen-bond donors (Lipinski definition) is 1. The van der Waals surface area contributed by atoms with E-state index >= 15 is 0 Å². The fourth-order valence-electron chi connectivity index (χ4n) is 4.24. The molecule has 2 atom stereocenters. The van der Waals surface area contributed by atoms with Crippen LogP contribution in [-0.4, -0.2) is 61.8 Å². The van der Waals surface area contributed by atoms with Crippen molar-refractivity contribution in [2.45, 2.75) is 38.0 Å². The van der Waals surface area contributed by atoms with Crippen LogP contribution in [0.1, 0.15) is 24.8 Å². The van der Waals surface area contributed by atoms with Crippen LogP contribution in [-0.2, 0) is 20.9 Å². The van der Waals surface area contributed by atoms with E-state index in [0.717, 1.165) is 36.4 Å². The summed E-state index contributed by atoms with van der Waals surface area (Å²) in [4.78, 5) is 29.6. The lowest BCUT2D eigenvalue weighted by atomic mass is 10.1. The van der Waals surface area contributed by atoms with Crippen LogP contribution in [0.15, 0.2) is 59.7 Å². The van der Waals surface area contributed by atoms with E-state index in [-0.39, 0.29) is 18.4 Å². The second-order valence-electron chi connectivity index (χ2n) is 8.73. The molecule has 2 aromatic carbocycles. The molecule has 0 saturated carbocycles. The first-order chi connectivity index (χ1) is 15.9. The summed E-state index contributed by atoms with van der Waals surface area (Å²) in [7, 11) is 3.99. The molecule has 2 aliphatic rings. The quantitative estimate of drug-likeness (QED) is 0.668. The number of benzene rings is 2. The minimum absolute atomic E-state index is 0.00849. The number of carbonyl (C=O) groups is 2. The van der Waals surface area contributed by atoms with Gasteiger partial charge in [0.15, 0.2) is 0 Å². The molecule has 2 amide bonds. The number of para-hydroxylation sites is 1. The van der Waals surface area contributed by atoms with Gasteiger partial charge in [-0.2, -0.15) is 5.10 Å². The fourth-order valence-corrected chi connectivity index (χ4v) is 4.24. The highest BCUT2D eigenvalue weighted by molar-refractivity contribution is 6.40. The summed E-state index contributed by atoms with van der Waals surface area (Å²) < 4.78 is 5.81. The highest BCUT2D eigenvalue weighted by Gasteiger charge is 2.37. The Kier molecular flexibility index (Phi) is 6.93. The van der Waals surface area contributed by atoms with Gasteiger partial charge in [0.05, 0.1) is 11.8 Å². The Morgan fingerprint density at radius 2 is 1.85 bits per heavy atom. The molecule has 2 aromatic rings. The molecule has 2 unspecified atom stereocenters. The molecule has 0 bridgehead atoms. The summed E-state index contributed by atoms with van der Waals surface area (Å²) >= 11 is 0. The first-order valence-corrected chi connectivity index (χ1v) is 11.3. The van der Waals surface area contributed by atoms with E-state index in [4.69, 9.17) is 10.5 Å². The third-order valence-electron chi connectivity index (χ3n) is 6.07. The van der Waals surface area contributed by atoms with Gasteiger partial charge in [0.1, 0.15) is 11.8 Å². The molecule has 33 heavy (non-hydrogen) atoms. The van der Waals surface area contributed by atoms with Crippen molar-refractivity contribution < 1.29 is 14.3 Å². The SMILES string of the molecule is CN(C)c1ccc(CN(CC2CCCO2)C(=O)C2=NN(c3ccccc3)C(C(N)=O)C2)cc1. The number of carbonyl (C=O) groups excluding carboxylic acids is 2. The maximum atomic E-state index is 13.6. The van der Waals surface area contributed by atoms with Gasteiger partial charge >= 0.3 is 0 Å². The van der Waals surface area contributed by atoms with E-state index in [2.05, 4.69) is 5.10 Å². The summed E-state index contributed by atoms with van der Waals surface area (Å²) in [6.45, 7) is 1.65. The molecule has 2 aliphatic heterocycles. The molecule has 1 fully saturated rings. The zero-order valence-corrected chi connectivity index (χ0v) is 19.2. The lowest BCUT2D eigenvalue weighted by Gasteiger charge is -2.26. The topological polar surface area (TPSA) is 91.5 Å². The van der Waals surface area contributed by atoms with Crippen molar-refractivity contribution in [2.24, 2.45) is 10.8 Å². The minimum atomic E-state index is -0.685. The molecule has 2 heterocycles. The van der Waals surface area contributed by atoms with Crippen LogP contribution < -0.4 is 15.6 Å². The molecule has 1 saturated heterocycles. The number of hydrazone groups is 1. The van der Waals surface area contributed by atoms with E-state index in [0.29, 0.717) is 18.8 Å². The van der Waals surface area contributed by atoms with E-state index < -0.39 is 11.9 Å². The highest BCUT2D eigenvalue weighted by atomic mass is 16.5. The van der Waals surface area contributed by atoms with Crippen molar-refractivity contribution in [2.75, 3.05) is 37.2 Å². The van der Waals surface area contributed by atoms with Crippen molar-refractivity contribution >= 4 is 28.9 Å². The number of nitrogens with zero attached hydrogens (tertiary/aromatic N) is 4. The minimum Gasteiger partial charge on any atom is -0.378 e. The second-order valence-corrected chi connectivity index (χ2v) is 8.73. The highest BCUT2D eigenvalue weighted by Crippen LogP contribution is 2.26. The Bertz CT molecular complexity index is 1000. The van der Waals surface area contributed by atoms with Crippen LogP contribution in [0.2, 0.25) is 0 Å². The third-order valence-corrected chi connectivity index (χ3v) is 6.07. The van der Waals surface area contributed by atoms with Gasteiger partial charge in [-0.25, -0.2) is 0 Å². The van der Waals surface area contributed by atoms with Crippen molar-refractivity contribution in [3.63, 3.8) is 0 Å². The van der Waals surface area contributed by atoms with E-state index in [1.54, 1.807) is 9.91 Å². The normalized spacial score (nSPS) is 19.9. The summed E-state index contributed by atoms with van der Waals surface area (Å²) in [6.07, 6.45) is 2.12. The Labute approximate surface area is 194 Å². The Morgan fingerprint density at radius 1 is 1.12 bits per heavy atom. The predicted octanol–water partition coefficient (Wildman–Crippen LogP) is 2.38. The van der Waals surface area contributed by atoms with Gasteiger partial charge in [-0.15, -0.1) is 0 Å². The lowest BCUT2D eigenvalue weighted by molar-refractivity contribution is -0.126. The predicted molar refractivity (Wildman–Crippen MR) is 129 cm³/mol. The van der Waals surface area contributed by atoms with Gasteiger partial charge in [0.25, 0.3) is 5.91 Å². The number of hydrogen-bond acceptors (Lipinski definition) is 6. The van der Waals surface area contributed by atoms with Crippen LogP contribution >= 0.6 is 0 Å². The Morgan fingerprint density at radius 3 is 2.45 bits per heavy atom. The molecule has 0 radical (unpaired) electrons. The molecule has 0 aromatic heterocycles. The van der Waals surface area contributed by atoms with Crippen LogP contribution in [0.3, 0.4) is 0 Å². The van der Waals surface area contributed by atoms with Gasteiger partial charge in [-0.1, -0.05) is 30.3 Å². The van der Waals surface area contributed by atoms with Crippen LogP contribution in [0.4, 0.5) is 11.4 Å². The van der Waals surface area contributed by atoms with E-state index in [9.17, 15) is 9.59 Å². The first kappa shape index (κ1) is 22.8. The summed E-state index contributed by atoms with van der Waals surface area (Å²) in [5.74, 6) is -0.692. The number of anilines is 2. The van der Waals surface area contributed by atoms with Crippen molar-refractivity contribution in [3.8, 4) is 0 Å². The summed E-state index contributed by atoms with van der Waals surface area (Å²) in [5.41, 5.74) is 8.85. The maximum Gasteiger partial charge on any atom is 0.270 e. The van der Waals surface area contributed by atoms with E-state index in [1.807, 2.05) is 73.6 Å². The van der Waals surface area contributed by atoms with Gasteiger partial charge in [-0.05, 0) is 42.7 Å². The molecule has 2 N–H and O–H groups in total. The number of rotatable bonds is 8. The first-order valence-electron chi connectivity index (χ1n) is 11.3. The van der Waals surface area contributed by atoms with Crippen molar-refractivity contribution in [1.82, 2.24) is 4.90 Å². The van der Waals surface area contributed by atoms with Crippen LogP contribution in [0, 0.1) is 0 Å². The zero-order valence-electron chi connectivity index (χ0n) is 19.2. The number of nitrogens with two attached hydrogens (primary N) is 1. The van der Waals surface area contributed by atoms with Gasteiger partial charge in [0.2, 0.25) is 5.91 Å². The summed E-state index contributed by atoms with van der Waals surface area (Å²) in [6, 6.07) is 16.8. The molecular formula is C25H31N5O3. The fraction of sp³-hybridized carbons (Fsp3) is 0.400. The molecule has 174 valence electrons. The molecule has 4 rings (SSSR count). The van der Waals surface area contributed by atoms with Gasteiger partial charge < -0.3 is 20.3 Å². The second kappa shape index (κ2) is 10.0. The van der Waals surface area contributed by atoms with E-state index in [1.165, 1.54) is 0 Å². The number of ether oxygens (including phenoxy) is 1. The monoisotopic (exact) mass is 449 g/mol. The standard InChI is InChI=1S/C25H31N5O3/c1-28(2)19-12-10-18(11-13-19)16-29(17-21-9-6-14-33-21)25(32)22-15-23(24(26)31)30(27-22)20-7-4-3-5-8-20/h3-5,7-8,10-13,21,23H,6,9,14-17H2,1-2H3,(H2,26,31). The average molecular weight is 450 g/mol. The molecular weight excluding hydrogens is 418 g/mol. The van der Waals surface area contributed by atoms with Gasteiger partial charge in [-0.3, -0.25) is 14.6 Å². The molecule has 8 heteroatoms. The average Bonchev–Trinajstić information content (AvgIpc) is 3.49. The van der Waals surface area contributed by atoms with Crippen LogP contribution in [0.5, 0.6) is 0 Å². The van der Waals surface area contributed by atoms with Crippen molar-refractivity contribution in [3.05, 3.63) is 60.2 Å². The number of primary amides is 1. The number of amides is 2. The van der Waals surface area contributed by atoms with Crippen LogP contribution in [0.25, 0.3) is 0 Å². The maximum absolute atomic E-state index is 13.6. The van der Waals surface area contributed by atoms with Crippen molar-refractivity contribution in [1.29, 1.82) is 0 Å². The largest absolute Gasteiger partial charge is 0.378 e. The Hall–Kier alpha value is -3.39. The smallest absolute Gasteiger partial charge is 0.270 e. The summed E-state index contributed by atoms with van der Waals surface area (Å²) in [5, 5.41) is 6.11. The van der Waals surface area contributed by atoms with Gasteiger partial charge in [0, 0.05) is 45.9 Å². The lowest BCUT2D eigenvalue weighted by Crippen LogP contribution is -2.42. The molecule has 0 aliphatic carbocycles. The zero-order chi connectivity index (χ0) is 23.4. The molecule has 0 spiro atoms. The Balaban J connectivity index is 1.57.